The van der Waals surface area contributed by atoms with Crippen LogP contribution in [-0.4, -0.2) is 11.1 Å². The predicted molar refractivity (Wildman–Crippen MR) is 49.6 cm³/mol. The molecule has 1 aliphatic carbocycles. The van der Waals surface area contributed by atoms with Gasteiger partial charge in [0, 0.05) is 5.56 Å². The molecular formula is C11H9F3O2. The second-order valence-corrected chi connectivity index (χ2v) is 3.97. The highest BCUT2D eigenvalue weighted by atomic mass is 19.3. The van der Waals surface area contributed by atoms with Crippen molar-refractivity contribution in [2.75, 3.05) is 0 Å². The Labute approximate surface area is 89.7 Å². The zero-order valence-corrected chi connectivity index (χ0v) is 8.21. The van der Waals surface area contributed by atoms with Crippen molar-refractivity contribution in [1.82, 2.24) is 0 Å². The summed E-state index contributed by atoms with van der Waals surface area (Å²) in [6, 6.07) is 3.92. The van der Waals surface area contributed by atoms with E-state index in [1.54, 1.807) is 0 Å². The van der Waals surface area contributed by atoms with E-state index in [9.17, 15) is 18.0 Å². The minimum atomic E-state index is -3.53. The number of halogens is 3. The lowest BCUT2D eigenvalue weighted by Crippen LogP contribution is -2.34. The molecule has 1 fully saturated rings. The van der Waals surface area contributed by atoms with Gasteiger partial charge in [0.2, 0.25) is 0 Å². The number of carbonyl (C=O) groups is 1. The summed E-state index contributed by atoms with van der Waals surface area (Å²) in [5.41, 5.74) is -2.62. The van der Waals surface area contributed by atoms with Crippen LogP contribution in [0.15, 0.2) is 24.3 Å². The molecule has 1 aromatic carbocycles. The molecule has 16 heavy (non-hydrogen) atoms. The van der Waals surface area contributed by atoms with E-state index < -0.39 is 28.7 Å². The molecule has 1 aliphatic rings. The summed E-state index contributed by atoms with van der Waals surface area (Å²) < 4.78 is 40.6. The molecule has 0 unspecified atom stereocenters. The number of aliphatic carboxylic acids is 1. The first kappa shape index (κ1) is 11.0. The lowest BCUT2D eigenvalue weighted by molar-refractivity contribution is -0.163. The molecule has 0 heterocycles. The van der Waals surface area contributed by atoms with Crippen LogP contribution in [0.4, 0.5) is 13.2 Å². The number of hydrogen-bond acceptors (Lipinski definition) is 1. The van der Waals surface area contributed by atoms with Gasteiger partial charge in [0.05, 0.1) is 0 Å². The van der Waals surface area contributed by atoms with Gasteiger partial charge in [-0.1, -0.05) is 12.1 Å². The van der Waals surface area contributed by atoms with Gasteiger partial charge >= 0.3 is 5.97 Å². The van der Waals surface area contributed by atoms with Crippen LogP contribution in [0.1, 0.15) is 18.4 Å². The van der Waals surface area contributed by atoms with Gasteiger partial charge in [-0.15, -0.1) is 0 Å². The topological polar surface area (TPSA) is 37.3 Å². The third-order valence-corrected chi connectivity index (χ3v) is 2.95. The van der Waals surface area contributed by atoms with Gasteiger partial charge in [-0.05, 0) is 25.0 Å². The van der Waals surface area contributed by atoms with Gasteiger partial charge in [0.1, 0.15) is 11.2 Å². The first-order valence-electron chi connectivity index (χ1n) is 4.77. The molecule has 5 heteroatoms. The van der Waals surface area contributed by atoms with Crippen LogP contribution in [0.2, 0.25) is 0 Å². The molecule has 2 rings (SSSR count). The number of rotatable bonds is 3. The minimum Gasteiger partial charge on any atom is -0.481 e. The highest BCUT2D eigenvalue weighted by Crippen LogP contribution is 2.61. The fourth-order valence-electron chi connectivity index (χ4n) is 1.75. The quantitative estimate of drug-likeness (QED) is 0.866. The van der Waals surface area contributed by atoms with Crippen LogP contribution >= 0.6 is 0 Å². The van der Waals surface area contributed by atoms with Crippen molar-refractivity contribution in [3.63, 3.8) is 0 Å². The molecule has 0 radical (unpaired) electrons. The van der Waals surface area contributed by atoms with Crippen molar-refractivity contribution in [2.24, 2.45) is 5.41 Å². The largest absolute Gasteiger partial charge is 0.481 e. The van der Waals surface area contributed by atoms with E-state index in [2.05, 4.69) is 0 Å². The highest BCUT2D eigenvalue weighted by molar-refractivity contribution is 5.79. The highest BCUT2D eigenvalue weighted by Gasteiger charge is 2.68. The molecule has 0 atom stereocenters. The summed E-state index contributed by atoms with van der Waals surface area (Å²) in [6.07, 6.45) is -0.155. The Hall–Kier alpha value is -1.52. The Morgan fingerprint density at radius 3 is 2.44 bits per heavy atom. The Morgan fingerprint density at radius 2 is 2.00 bits per heavy atom. The molecule has 86 valence electrons. The van der Waals surface area contributed by atoms with E-state index in [0.717, 1.165) is 18.2 Å². The summed E-state index contributed by atoms with van der Waals surface area (Å²) in [7, 11) is 0. The van der Waals surface area contributed by atoms with Crippen LogP contribution < -0.4 is 0 Å². The smallest absolute Gasteiger partial charge is 0.316 e. The van der Waals surface area contributed by atoms with Crippen LogP contribution in [0.25, 0.3) is 0 Å². The Balaban J connectivity index is 2.43. The first-order chi connectivity index (χ1) is 7.40. The summed E-state index contributed by atoms with van der Waals surface area (Å²) in [6.45, 7) is 0. The van der Waals surface area contributed by atoms with Crippen molar-refractivity contribution in [2.45, 2.75) is 18.8 Å². The first-order valence-corrected chi connectivity index (χ1v) is 4.77. The summed E-state index contributed by atoms with van der Waals surface area (Å²) >= 11 is 0. The lowest BCUT2D eigenvalue weighted by Gasteiger charge is -2.23. The van der Waals surface area contributed by atoms with Gasteiger partial charge < -0.3 is 5.11 Å². The molecule has 1 N–H and O–H groups in total. The normalized spacial score (nSPS) is 18.2. The minimum absolute atomic E-state index is 0.0775. The molecule has 0 saturated heterocycles. The second kappa shape index (κ2) is 3.23. The predicted octanol–water partition coefficient (Wildman–Crippen LogP) is 2.78. The molecule has 1 aromatic rings. The Kier molecular flexibility index (Phi) is 2.22. The molecule has 2 nitrogen and oxygen atoms in total. The third-order valence-electron chi connectivity index (χ3n) is 2.95. The maximum atomic E-state index is 13.9. The van der Waals surface area contributed by atoms with Crippen molar-refractivity contribution in [3.05, 3.63) is 35.6 Å². The van der Waals surface area contributed by atoms with Crippen molar-refractivity contribution >= 4 is 5.97 Å². The number of carboxylic acids is 1. The van der Waals surface area contributed by atoms with Crippen LogP contribution in [0.3, 0.4) is 0 Å². The zero-order valence-electron chi connectivity index (χ0n) is 8.21. The SMILES string of the molecule is O=C(O)C1(C(F)(F)c2cccc(F)c2)CC1. The number of carboxylic acid groups (broad SMARTS) is 1. The van der Waals surface area contributed by atoms with Crippen molar-refractivity contribution < 1.29 is 23.1 Å². The van der Waals surface area contributed by atoms with Crippen LogP contribution in [0.5, 0.6) is 0 Å². The Morgan fingerprint density at radius 1 is 1.38 bits per heavy atom. The maximum Gasteiger partial charge on any atom is 0.316 e. The second-order valence-electron chi connectivity index (χ2n) is 3.97. The van der Waals surface area contributed by atoms with Gasteiger partial charge in [0.25, 0.3) is 5.92 Å². The van der Waals surface area contributed by atoms with E-state index in [4.69, 9.17) is 5.11 Å². The van der Waals surface area contributed by atoms with Gasteiger partial charge in [-0.25, -0.2) is 13.2 Å². The molecule has 0 amide bonds. The fourth-order valence-corrected chi connectivity index (χ4v) is 1.75. The zero-order chi connectivity index (χ0) is 12.0. The average Bonchev–Trinajstić information content (AvgIpc) is 2.98. The summed E-state index contributed by atoms with van der Waals surface area (Å²) in [5.74, 6) is -5.85. The van der Waals surface area contributed by atoms with Gasteiger partial charge in [0.15, 0.2) is 0 Å². The molecule has 0 bridgehead atoms. The Bertz CT molecular complexity index is 439. The van der Waals surface area contributed by atoms with E-state index in [0.29, 0.717) is 6.07 Å². The maximum absolute atomic E-state index is 13.9. The standard InChI is InChI=1S/C11H9F3O2/c12-8-3-1-2-7(6-8)11(13,14)10(4-5-10)9(15)16/h1-3,6H,4-5H2,(H,15,16). The van der Waals surface area contributed by atoms with E-state index in [1.165, 1.54) is 0 Å². The molecule has 0 aromatic heterocycles. The molecule has 0 aliphatic heterocycles. The summed E-state index contributed by atoms with van der Waals surface area (Å²) in [4.78, 5) is 10.8. The molecule has 0 spiro atoms. The van der Waals surface area contributed by atoms with E-state index in [1.807, 2.05) is 0 Å². The van der Waals surface area contributed by atoms with Crippen LogP contribution in [-0.2, 0) is 10.7 Å². The van der Waals surface area contributed by atoms with Gasteiger partial charge in [-0.2, -0.15) is 0 Å². The molecule has 1 saturated carbocycles. The number of hydrogen-bond donors (Lipinski definition) is 1. The summed E-state index contributed by atoms with van der Waals surface area (Å²) in [5, 5.41) is 8.80. The van der Waals surface area contributed by atoms with Crippen molar-refractivity contribution in [3.8, 4) is 0 Å². The third kappa shape index (κ3) is 1.38. The lowest BCUT2D eigenvalue weighted by atomic mass is 9.91. The van der Waals surface area contributed by atoms with E-state index >= 15 is 0 Å². The average molecular weight is 230 g/mol. The van der Waals surface area contributed by atoms with Crippen LogP contribution in [0, 0.1) is 11.2 Å². The van der Waals surface area contributed by atoms with E-state index in [-0.39, 0.29) is 12.8 Å². The number of benzene rings is 1. The van der Waals surface area contributed by atoms with Gasteiger partial charge in [-0.3, -0.25) is 4.79 Å². The number of alkyl halides is 2. The van der Waals surface area contributed by atoms with Crippen molar-refractivity contribution in [1.29, 1.82) is 0 Å². The molecular weight excluding hydrogens is 221 g/mol. The monoisotopic (exact) mass is 230 g/mol. The fraction of sp³-hybridized carbons (Fsp3) is 0.364.